The molecule has 0 saturated carbocycles. The van der Waals surface area contributed by atoms with Crippen molar-refractivity contribution < 1.29 is 22.0 Å². The van der Waals surface area contributed by atoms with Crippen LogP contribution in [0.1, 0.15) is 30.9 Å². The summed E-state index contributed by atoms with van der Waals surface area (Å²) < 4.78 is 52.7. The van der Waals surface area contributed by atoms with Crippen LogP contribution in [-0.2, 0) is 14.9 Å². The molecule has 0 amide bonds. The van der Waals surface area contributed by atoms with E-state index in [1.165, 1.54) is 28.0 Å². The number of hydrogen-bond donors (Lipinski definition) is 1. The largest absolute Gasteiger partial charge is 0.367 e. The molecule has 1 N–H and O–H groups in total. The highest BCUT2D eigenvalue weighted by Crippen LogP contribution is 2.36. The molecule has 1 aromatic carbocycles. The maximum Gasteiger partial charge on any atom is 0.211 e. The summed E-state index contributed by atoms with van der Waals surface area (Å²) in [6, 6.07) is 5.36. The molecule has 2 aliphatic heterocycles. The van der Waals surface area contributed by atoms with Crippen LogP contribution in [0.15, 0.2) is 30.6 Å². The summed E-state index contributed by atoms with van der Waals surface area (Å²) >= 11 is 0. The first kappa shape index (κ1) is 20.9. The van der Waals surface area contributed by atoms with Gasteiger partial charge in [-0.15, -0.1) is 0 Å². The van der Waals surface area contributed by atoms with E-state index in [0.29, 0.717) is 50.6 Å². The van der Waals surface area contributed by atoms with Gasteiger partial charge in [0.15, 0.2) is 17.5 Å². The van der Waals surface area contributed by atoms with Crippen molar-refractivity contribution in [1.82, 2.24) is 14.3 Å². The van der Waals surface area contributed by atoms with Crippen molar-refractivity contribution in [2.24, 2.45) is 0 Å². The Morgan fingerprint density at radius 1 is 1.17 bits per heavy atom. The van der Waals surface area contributed by atoms with Gasteiger partial charge < -0.3 is 5.32 Å². The van der Waals surface area contributed by atoms with Crippen LogP contribution >= 0.6 is 0 Å². The first-order chi connectivity index (χ1) is 14.3. The van der Waals surface area contributed by atoms with E-state index < -0.39 is 27.7 Å². The molecule has 2 saturated heterocycles. The molecule has 162 valence electrons. The predicted molar refractivity (Wildman–Crippen MR) is 107 cm³/mol. The second-order valence-corrected chi connectivity index (χ2v) is 9.43. The molecule has 30 heavy (non-hydrogen) atoms. The van der Waals surface area contributed by atoms with Crippen LogP contribution in [0.2, 0.25) is 0 Å². The van der Waals surface area contributed by atoms with Crippen molar-refractivity contribution in [2.75, 3.05) is 36.3 Å². The zero-order valence-electron chi connectivity index (χ0n) is 16.5. The smallest absolute Gasteiger partial charge is 0.211 e. The van der Waals surface area contributed by atoms with E-state index in [2.05, 4.69) is 15.3 Å². The minimum atomic E-state index is -3.18. The number of nitrogens with zero attached hydrogens (tertiary/aromatic N) is 4. The lowest BCUT2D eigenvalue weighted by Gasteiger charge is -2.31. The number of benzene rings is 1. The summed E-state index contributed by atoms with van der Waals surface area (Å²) in [4.78, 5) is 14.1. The molecule has 2 aliphatic rings. The van der Waals surface area contributed by atoms with E-state index in [1.54, 1.807) is 12.1 Å². The number of halogens is 2. The maximum absolute atomic E-state index is 14.3. The lowest BCUT2D eigenvalue weighted by atomic mass is 10.0. The third-order valence-electron chi connectivity index (χ3n) is 5.40. The van der Waals surface area contributed by atoms with Gasteiger partial charge in [-0.3, -0.25) is 4.84 Å². The predicted octanol–water partition coefficient (Wildman–Crippen LogP) is 2.47. The van der Waals surface area contributed by atoms with E-state index in [-0.39, 0.29) is 11.6 Å². The summed E-state index contributed by atoms with van der Waals surface area (Å²) in [5, 5.41) is 4.79. The van der Waals surface area contributed by atoms with E-state index in [9.17, 15) is 17.2 Å². The first-order valence-electron chi connectivity index (χ1n) is 9.72. The third-order valence-corrected chi connectivity index (χ3v) is 6.70. The monoisotopic (exact) mass is 439 g/mol. The molecule has 11 heteroatoms. The molecule has 0 aliphatic carbocycles. The summed E-state index contributed by atoms with van der Waals surface area (Å²) in [7, 11) is -3.18. The Morgan fingerprint density at radius 3 is 2.67 bits per heavy atom. The lowest BCUT2D eigenvalue weighted by Crippen LogP contribution is -2.41. The van der Waals surface area contributed by atoms with Gasteiger partial charge in [-0.2, -0.15) is 0 Å². The average molecular weight is 439 g/mol. The summed E-state index contributed by atoms with van der Waals surface area (Å²) in [6.07, 6.45) is 4.40. The highest BCUT2D eigenvalue weighted by atomic mass is 32.2. The number of hydroxylamine groups is 1. The van der Waals surface area contributed by atoms with Gasteiger partial charge in [0.2, 0.25) is 10.0 Å². The Morgan fingerprint density at radius 2 is 1.93 bits per heavy atom. The van der Waals surface area contributed by atoms with Gasteiger partial charge in [-0.1, -0.05) is 12.1 Å². The van der Waals surface area contributed by atoms with Crippen LogP contribution in [0.4, 0.5) is 20.4 Å². The van der Waals surface area contributed by atoms with Crippen LogP contribution in [-0.4, -0.2) is 54.7 Å². The lowest BCUT2D eigenvalue weighted by molar-refractivity contribution is 0.156. The van der Waals surface area contributed by atoms with Crippen LogP contribution < -0.4 is 10.4 Å². The average Bonchev–Trinajstić information content (AvgIpc) is 3.20. The molecule has 0 radical (unpaired) electrons. The van der Waals surface area contributed by atoms with Gasteiger partial charge in [0.25, 0.3) is 0 Å². The van der Waals surface area contributed by atoms with Gasteiger partial charge >= 0.3 is 0 Å². The molecule has 3 heterocycles. The molecule has 8 nitrogen and oxygen atoms in total. The highest BCUT2D eigenvalue weighted by Gasteiger charge is 2.32. The van der Waals surface area contributed by atoms with Crippen molar-refractivity contribution in [2.45, 2.75) is 31.3 Å². The van der Waals surface area contributed by atoms with Crippen LogP contribution in [0, 0.1) is 11.6 Å². The number of hydrogen-bond acceptors (Lipinski definition) is 7. The molecule has 0 bridgehead atoms. The summed E-state index contributed by atoms with van der Waals surface area (Å²) in [5.41, 5.74) is 0.216. The Bertz CT molecular complexity index is 1010. The van der Waals surface area contributed by atoms with Crippen molar-refractivity contribution in [1.29, 1.82) is 0 Å². The Labute approximate surface area is 173 Å². The fourth-order valence-corrected chi connectivity index (χ4v) is 4.72. The van der Waals surface area contributed by atoms with E-state index in [0.717, 1.165) is 6.07 Å². The van der Waals surface area contributed by atoms with Crippen molar-refractivity contribution in [3.8, 4) is 0 Å². The fourth-order valence-electron chi connectivity index (χ4n) is 3.84. The minimum absolute atomic E-state index is 0.0710. The number of rotatable bonds is 5. The molecule has 0 spiro atoms. The van der Waals surface area contributed by atoms with Crippen molar-refractivity contribution in [3.63, 3.8) is 0 Å². The molecule has 1 unspecified atom stereocenters. The zero-order valence-corrected chi connectivity index (χ0v) is 17.3. The van der Waals surface area contributed by atoms with Crippen LogP contribution in [0.5, 0.6) is 0 Å². The molecular formula is C19H23F2N5O3S. The molecular weight excluding hydrogens is 416 g/mol. The molecule has 2 fully saturated rings. The second-order valence-electron chi connectivity index (χ2n) is 7.45. The number of nitrogens with one attached hydrogen (secondary N) is 1. The Balaban J connectivity index is 1.47. The Hall–Kier alpha value is -2.37. The fraction of sp³-hybridized carbons (Fsp3) is 0.474. The van der Waals surface area contributed by atoms with Gasteiger partial charge in [-0.05, 0) is 18.9 Å². The summed E-state index contributed by atoms with van der Waals surface area (Å²) in [5.74, 6) is -0.785. The quantitative estimate of drug-likeness (QED) is 0.766. The van der Waals surface area contributed by atoms with E-state index in [1.807, 2.05) is 0 Å². The molecule has 2 aromatic rings. The minimum Gasteiger partial charge on any atom is -0.367 e. The normalized spacial score (nSPS) is 21.2. The maximum atomic E-state index is 14.3. The van der Waals surface area contributed by atoms with Crippen LogP contribution in [0.3, 0.4) is 0 Å². The topological polar surface area (TPSA) is 87.7 Å². The SMILES string of the molecule is CS(=O)(=O)N1CCC(Nc2cc(N3OCCC3c3cccc(F)c3F)ncn2)CC1. The summed E-state index contributed by atoms with van der Waals surface area (Å²) in [6.45, 7) is 1.26. The van der Waals surface area contributed by atoms with Gasteiger partial charge in [0, 0.05) is 37.2 Å². The highest BCUT2D eigenvalue weighted by molar-refractivity contribution is 7.88. The van der Waals surface area contributed by atoms with Crippen LogP contribution in [0.25, 0.3) is 0 Å². The van der Waals surface area contributed by atoms with Crippen molar-refractivity contribution in [3.05, 3.63) is 47.8 Å². The molecule has 4 rings (SSSR count). The molecule has 1 atom stereocenters. The number of aromatic nitrogens is 2. The zero-order chi connectivity index (χ0) is 21.3. The number of anilines is 2. The van der Waals surface area contributed by atoms with Gasteiger partial charge in [0.1, 0.15) is 12.1 Å². The number of sulfonamides is 1. The molecule has 1 aromatic heterocycles. The Kier molecular flexibility index (Phi) is 5.85. The van der Waals surface area contributed by atoms with Gasteiger partial charge in [-0.25, -0.2) is 36.5 Å². The standard InChI is InChI=1S/C19H23F2N5O3S/c1-30(27,28)25-8-5-13(6-9-25)24-17-11-18(23-12-22-17)26-16(7-10-29-26)14-3-2-4-15(20)19(14)21/h2-4,11-13,16H,5-10H2,1H3,(H,22,23,24). The van der Waals surface area contributed by atoms with Gasteiger partial charge in [0.05, 0.1) is 18.9 Å². The van der Waals surface area contributed by atoms with E-state index >= 15 is 0 Å². The van der Waals surface area contributed by atoms with E-state index in [4.69, 9.17) is 4.84 Å². The first-order valence-corrected chi connectivity index (χ1v) is 11.6. The van der Waals surface area contributed by atoms with Crippen molar-refractivity contribution >= 4 is 21.7 Å². The number of piperidine rings is 1. The second kappa shape index (κ2) is 8.40. The third kappa shape index (κ3) is 4.37.